The largest absolute Gasteiger partial charge is 0.508 e. The quantitative estimate of drug-likeness (QED) is 0.627. The van der Waals surface area contributed by atoms with E-state index in [-0.39, 0.29) is 35.9 Å². The third-order valence-corrected chi connectivity index (χ3v) is 4.71. The van der Waals surface area contributed by atoms with Gasteiger partial charge in [-0.05, 0) is 54.7 Å². The molecule has 0 saturated heterocycles. The van der Waals surface area contributed by atoms with E-state index in [1.165, 1.54) is 0 Å². The molecule has 1 N–H and O–H groups in total. The van der Waals surface area contributed by atoms with Gasteiger partial charge >= 0.3 is 11.9 Å². The monoisotopic (exact) mass is 354 g/mol. The standard InChI is InChI=1S/C21H22O5/c1-3-14(15-4-6-17(22)7-5-15)10-13(2)21(24)25-18-8-9-19-16(11-18)12-20(23)26-19/h4-9,11,13-14,22H,3,10,12H2,1-2H3. The van der Waals surface area contributed by atoms with Gasteiger partial charge in [-0.15, -0.1) is 0 Å². The van der Waals surface area contributed by atoms with Gasteiger partial charge in [0.1, 0.15) is 17.2 Å². The van der Waals surface area contributed by atoms with E-state index in [2.05, 4.69) is 6.92 Å². The summed E-state index contributed by atoms with van der Waals surface area (Å²) in [6.45, 7) is 3.93. The lowest BCUT2D eigenvalue weighted by Crippen LogP contribution is -2.20. The van der Waals surface area contributed by atoms with Gasteiger partial charge in [-0.2, -0.15) is 0 Å². The molecule has 0 radical (unpaired) electrons. The lowest BCUT2D eigenvalue weighted by Gasteiger charge is -2.19. The maximum absolute atomic E-state index is 12.5. The second-order valence-corrected chi connectivity index (χ2v) is 6.67. The van der Waals surface area contributed by atoms with Gasteiger partial charge in [-0.1, -0.05) is 26.0 Å². The number of carbonyl (C=O) groups excluding carboxylic acids is 2. The number of ether oxygens (including phenoxy) is 2. The Hall–Kier alpha value is -2.82. The minimum atomic E-state index is -0.299. The zero-order valence-corrected chi connectivity index (χ0v) is 14.9. The van der Waals surface area contributed by atoms with Crippen molar-refractivity contribution in [2.45, 2.75) is 39.0 Å². The second kappa shape index (κ2) is 7.60. The molecule has 5 heteroatoms. The molecule has 2 unspecified atom stereocenters. The van der Waals surface area contributed by atoms with Crippen LogP contribution in [-0.4, -0.2) is 17.0 Å². The van der Waals surface area contributed by atoms with E-state index in [0.717, 1.165) is 17.5 Å². The summed E-state index contributed by atoms with van der Waals surface area (Å²) in [7, 11) is 0. The van der Waals surface area contributed by atoms with Crippen LogP contribution in [-0.2, 0) is 16.0 Å². The molecule has 0 fully saturated rings. The predicted octanol–water partition coefficient (Wildman–Crippen LogP) is 3.98. The number of rotatable bonds is 6. The number of fused-ring (bicyclic) bond motifs is 1. The van der Waals surface area contributed by atoms with Gasteiger partial charge in [-0.3, -0.25) is 9.59 Å². The molecule has 26 heavy (non-hydrogen) atoms. The Morgan fingerprint density at radius 2 is 1.96 bits per heavy atom. The number of hydrogen-bond donors (Lipinski definition) is 1. The Morgan fingerprint density at radius 3 is 2.65 bits per heavy atom. The third kappa shape index (κ3) is 4.04. The molecule has 2 aromatic rings. The van der Waals surface area contributed by atoms with Crippen molar-refractivity contribution in [3.05, 3.63) is 53.6 Å². The van der Waals surface area contributed by atoms with Crippen LogP contribution in [0.5, 0.6) is 17.2 Å². The number of hydrogen-bond acceptors (Lipinski definition) is 5. The fourth-order valence-corrected chi connectivity index (χ4v) is 3.20. The van der Waals surface area contributed by atoms with Gasteiger partial charge in [0.15, 0.2) is 0 Å². The Labute approximate surface area is 152 Å². The van der Waals surface area contributed by atoms with Gasteiger partial charge in [-0.25, -0.2) is 0 Å². The molecule has 0 amide bonds. The fraction of sp³-hybridized carbons (Fsp3) is 0.333. The summed E-state index contributed by atoms with van der Waals surface area (Å²) in [5.41, 5.74) is 1.83. The molecule has 136 valence electrons. The molecule has 5 nitrogen and oxygen atoms in total. The predicted molar refractivity (Wildman–Crippen MR) is 96.3 cm³/mol. The van der Waals surface area contributed by atoms with Crippen LogP contribution in [0.1, 0.15) is 43.7 Å². The van der Waals surface area contributed by atoms with Crippen LogP contribution in [0.25, 0.3) is 0 Å². The van der Waals surface area contributed by atoms with Crippen molar-refractivity contribution < 1.29 is 24.2 Å². The number of esters is 2. The van der Waals surface area contributed by atoms with Gasteiger partial charge in [0.2, 0.25) is 0 Å². The number of phenols is 1. The van der Waals surface area contributed by atoms with Crippen LogP contribution < -0.4 is 9.47 Å². The molecular formula is C21H22O5. The van der Waals surface area contributed by atoms with Crippen LogP contribution in [0.3, 0.4) is 0 Å². The average molecular weight is 354 g/mol. The Morgan fingerprint density at radius 1 is 1.23 bits per heavy atom. The van der Waals surface area contributed by atoms with Crippen molar-refractivity contribution in [3.8, 4) is 17.2 Å². The minimum Gasteiger partial charge on any atom is -0.508 e. The molecule has 2 atom stereocenters. The minimum absolute atomic E-state index is 0.203. The van der Waals surface area contributed by atoms with Gasteiger partial charge in [0, 0.05) is 5.56 Å². The number of aromatic hydroxyl groups is 1. The lowest BCUT2D eigenvalue weighted by atomic mass is 9.87. The van der Waals surface area contributed by atoms with Gasteiger partial charge in [0.05, 0.1) is 12.3 Å². The molecule has 2 aromatic carbocycles. The lowest BCUT2D eigenvalue weighted by molar-refractivity contribution is -0.138. The van der Waals surface area contributed by atoms with Crippen molar-refractivity contribution in [2.24, 2.45) is 5.92 Å². The molecular weight excluding hydrogens is 332 g/mol. The maximum Gasteiger partial charge on any atom is 0.315 e. The van der Waals surface area contributed by atoms with Gasteiger partial charge in [0.25, 0.3) is 0 Å². The maximum atomic E-state index is 12.5. The molecule has 0 saturated carbocycles. The summed E-state index contributed by atoms with van der Waals surface area (Å²) in [5, 5.41) is 9.42. The normalized spacial score (nSPS) is 15.1. The van der Waals surface area contributed by atoms with Gasteiger partial charge < -0.3 is 14.6 Å². The van der Waals surface area contributed by atoms with E-state index in [0.29, 0.717) is 17.9 Å². The molecule has 0 bridgehead atoms. The first kappa shape index (κ1) is 18.0. The Bertz CT molecular complexity index is 810. The zero-order valence-electron chi connectivity index (χ0n) is 14.9. The molecule has 0 aliphatic carbocycles. The van der Waals surface area contributed by atoms with Crippen LogP contribution in [0.2, 0.25) is 0 Å². The smallest absolute Gasteiger partial charge is 0.315 e. The summed E-state index contributed by atoms with van der Waals surface area (Å²) < 4.78 is 10.5. The van der Waals surface area contributed by atoms with Crippen molar-refractivity contribution >= 4 is 11.9 Å². The molecule has 1 aliphatic rings. The van der Waals surface area contributed by atoms with Crippen LogP contribution in [0.15, 0.2) is 42.5 Å². The SMILES string of the molecule is CCC(CC(C)C(=O)Oc1ccc2c(c1)CC(=O)O2)c1ccc(O)cc1. The van der Waals surface area contributed by atoms with Crippen LogP contribution >= 0.6 is 0 Å². The van der Waals surface area contributed by atoms with Crippen LogP contribution in [0.4, 0.5) is 0 Å². The molecule has 0 spiro atoms. The van der Waals surface area contributed by atoms with E-state index in [1.54, 1.807) is 30.3 Å². The number of benzene rings is 2. The van der Waals surface area contributed by atoms with Crippen molar-refractivity contribution in [1.82, 2.24) is 0 Å². The summed E-state index contributed by atoms with van der Waals surface area (Å²) in [5.74, 6) is 0.529. The third-order valence-electron chi connectivity index (χ3n) is 4.71. The van der Waals surface area contributed by atoms with E-state index in [4.69, 9.17) is 9.47 Å². The first-order valence-electron chi connectivity index (χ1n) is 8.80. The highest BCUT2D eigenvalue weighted by atomic mass is 16.5. The first-order valence-corrected chi connectivity index (χ1v) is 8.80. The zero-order chi connectivity index (χ0) is 18.7. The highest BCUT2D eigenvalue weighted by Gasteiger charge is 2.24. The highest BCUT2D eigenvalue weighted by Crippen LogP contribution is 2.31. The highest BCUT2D eigenvalue weighted by molar-refractivity contribution is 5.81. The summed E-state index contributed by atoms with van der Waals surface area (Å²) in [4.78, 5) is 23.8. The van der Waals surface area contributed by atoms with E-state index >= 15 is 0 Å². The number of phenolic OH excluding ortho intramolecular Hbond substituents is 1. The molecule has 0 aromatic heterocycles. The van der Waals surface area contributed by atoms with Crippen molar-refractivity contribution in [2.75, 3.05) is 0 Å². The molecule has 1 heterocycles. The first-order chi connectivity index (χ1) is 12.5. The molecule has 3 rings (SSSR count). The van der Waals surface area contributed by atoms with E-state index < -0.39 is 0 Å². The summed E-state index contributed by atoms with van der Waals surface area (Å²) >= 11 is 0. The van der Waals surface area contributed by atoms with Crippen molar-refractivity contribution in [1.29, 1.82) is 0 Å². The summed E-state index contributed by atoms with van der Waals surface area (Å²) in [6.07, 6.45) is 1.75. The fourth-order valence-electron chi connectivity index (χ4n) is 3.20. The number of carbonyl (C=O) groups is 2. The van der Waals surface area contributed by atoms with E-state index in [1.807, 2.05) is 19.1 Å². The Kier molecular flexibility index (Phi) is 5.26. The average Bonchev–Trinajstić information content (AvgIpc) is 2.99. The summed E-state index contributed by atoms with van der Waals surface area (Å²) in [6, 6.07) is 12.1. The second-order valence-electron chi connectivity index (χ2n) is 6.67. The van der Waals surface area contributed by atoms with Crippen LogP contribution in [0, 0.1) is 5.92 Å². The van der Waals surface area contributed by atoms with Crippen molar-refractivity contribution in [3.63, 3.8) is 0 Å². The topological polar surface area (TPSA) is 72.8 Å². The molecule has 1 aliphatic heterocycles. The Balaban J connectivity index is 1.63. The van der Waals surface area contributed by atoms with E-state index in [9.17, 15) is 14.7 Å².